The molecule has 1 saturated carbocycles. The minimum atomic E-state index is 0.439. The Morgan fingerprint density at radius 1 is 1.33 bits per heavy atom. The summed E-state index contributed by atoms with van der Waals surface area (Å²) in [6.07, 6.45) is 6.92. The molecule has 0 unspecified atom stereocenters. The molecule has 0 aromatic heterocycles. The normalized spacial score (nSPS) is 16.1. The van der Waals surface area contributed by atoms with Crippen LogP contribution in [0.2, 0.25) is 0 Å². The van der Waals surface area contributed by atoms with Crippen LogP contribution in [0.3, 0.4) is 0 Å². The molecule has 1 aliphatic carbocycles. The van der Waals surface area contributed by atoms with Crippen LogP contribution in [0.15, 0.2) is 18.2 Å². The number of thiocarbonyl (C=S) groups is 1. The molecule has 0 amide bonds. The second kappa shape index (κ2) is 7.76. The zero-order chi connectivity index (χ0) is 15.2. The van der Waals surface area contributed by atoms with Crippen molar-refractivity contribution in [2.24, 2.45) is 11.7 Å². The molecular formula is C17H26N2OS. The summed E-state index contributed by atoms with van der Waals surface area (Å²) >= 11 is 5.07. The van der Waals surface area contributed by atoms with Gasteiger partial charge in [-0.25, -0.2) is 0 Å². The average molecular weight is 306 g/mol. The van der Waals surface area contributed by atoms with Gasteiger partial charge in [-0.05, 0) is 44.0 Å². The first kappa shape index (κ1) is 16.2. The van der Waals surface area contributed by atoms with E-state index in [4.69, 9.17) is 22.7 Å². The van der Waals surface area contributed by atoms with Gasteiger partial charge < -0.3 is 15.4 Å². The largest absolute Gasteiger partial charge is 0.496 e. The van der Waals surface area contributed by atoms with Crippen LogP contribution in [0.25, 0.3) is 0 Å². The molecule has 21 heavy (non-hydrogen) atoms. The third kappa shape index (κ3) is 4.68. The molecule has 0 atom stereocenters. The highest BCUT2D eigenvalue weighted by Gasteiger charge is 2.16. The summed E-state index contributed by atoms with van der Waals surface area (Å²) in [4.78, 5) is 2.82. The second-order valence-electron chi connectivity index (χ2n) is 6.09. The van der Waals surface area contributed by atoms with Crippen molar-refractivity contribution in [3.8, 4) is 5.75 Å². The molecule has 0 saturated heterocycles. The SMILES string of the molecule is COc1ccc(C(N)=S)cc1CN(C)CC1CCCCC1. The zero-order valence-corrected chi connectivity index (χ0v) is 13.9. The molecule has 1 aliphatic rings. The molecule has 4 heteroatoms. The molecule has 3 nitrogen and oxygen atoms in total. The van der Waals surface area contributed by atoms with Crippen molar-refractivity contribution in [1.29, 1.82) is 0 Å². The summed E-state index contributed by atoms with van der Waals surface area (Å²) in [5, 5.41) is 0. The van der Waals surface area contributed by atoms with Gasteiger partial charge in [-0.3, -0.25) is 0 Å². The summed E-state index contributed by atoms with van der Waals surface area (Å²) < 4.78 is 5.46. The van der Waals surface area contributed by atoms with Crippen molar-refractivity contribution < 1.29 is 4.74 Å². The maximum Gasteiger partial charge on any atom is 0.123 e. The van der Waals surface area contributed by atoms with Crippen molar-refractivity contribution in [3.05, 3.63) is 29.3 Å². The lowest BCUT2D eigenvalue weighted by atomic mass is 9.89. The van der Waals surface area contributed by atoms with E-state index in [0.717, 1.165) is 35.9 Å². The molecule has 0 radical (unpaired) electrons. The van der Waals surface area contributed by atoms with Gasteiger partial charge in [0.1, 0.15) is 10.7 Å². The van der Waals surface area contributed by atoms with E-state index in [0.29, 0.717) is 4.99 Å². The summed E-state index contributed by atoms with van der Waals surface area (Å²) in [7, 11) is 3.89. The second-order valence-corrected chi connectivity index (χ2v) is 6.53. The molecule has 1 aromatic carbocycles. The van der Waals surface area contributed by atoms with E-state index in [1.165, 1.54) is 32.1 Å². The number of ether oxygens (including phenoxy) is 1. The standard InChI is InChI=1S/C17H26N2OS/c1-19(11-13-6-4-3-5-7-13)12-15-10-14(17(18)21)8-9-16(15)20-2/h8-10,13H,3-7,11-12H2,1-2H3,(H2,18,21). The lowest BCUT2D eigenvalue weighted by Crippen LogP contribution is -2.27. The molecule has 1 fully saturated rings. The number of rotatable bonds is 6. The van der Waals surface area contributed by atoms with Crippen LogP contribution in [0.5, 0.6) is 5.75 Å². The summed E-state index contributed by atoms with van der Waals surface area (Å²) in [6.45, 7) is 2.02. The molecular weight excluding hydrogens is 280 g/mol. The Bertz CT molecular complexity index is 484. The maximum atomic E-state index is 5.73. The predicted octanol–water partition coefficient (Wildman–Crippen LogP) is 3.34. The van der Waals surface area contributed by atoms with Gasteiger partial charge in [0.05, 0.1) is 7.11 Å². The van der Waals surface area contributed by atoms with Gasteiger partial charge in [-0.1, -0.05) is 31.5 Å². The van der Waals surface area contributed by atoms with Crippen molar-refractivity contribution >= 4 is 17.2 Å². The highest BCUT2D eigenvalue weighted by molar-refractivity contribution is 7.80. The summed E-state index contributed by atoms with van der Waals surface area (Å²) in [6, 6.07) is 5.93. The van der Waals surface area contributed by atoms with Crippen LogP contribution in [0, 0.1) is 5.92 Å². The highest BCUT2D eigenvalue weighted by Crippen LogP contribution is 2.26. The molecule has 116 valence electrons. The molecule has 2 N–H and O–H groups in total. The van der Waals surface area contributed by atoms with E-state index in [1.807, 2.05) is 12.1 Å². The lowest BCUT2D eigenvalue weighted by Gasteiger charge is -2.27. The van der Waals surface area contributed by atoms with Crippen LogP contribution in [0.1, 0.15) is 43.2 Å². The van der Waals surface area contributed by atoms with Crippen molar-refractivity contribution in [3.63, 3.8) is 0 Å². The number of hydrogen-bond donors (Lipinski definition) is 1. The Hall–Kier alpha value is -1.13. The number of hydrogen-bond acceptors (Lipinski definition) is 3. The minimum Gasteiger partial charge on any atom is -0.496 e. The van der Waals surface area contributed by atoms with Gasteiger partial charge in [-0.2, -0.15) is 0 Å². The quantitative estimate of drug-likeness (QED) is 0.818. The Morgan fingerprint density at radius 3 is 2.67 bits per heavy atom. The molecule has 0 bridgehead atoms. The maximum absolute atomic E-state index is 5.73. The van der Waals surface area contributed by atoms with E-state index in [1.54, 1.807) is 7.11 Å². The highest BCUT2D eigenvalue weighted by atomic mass is 32.1. The smallest absolute Gasteiger partial charge is 0.123 e. The molecule has 0 spiro atoms. The van der Waals surface area contributed by atoms with E-state index >= 15 is 0 Å². The van der Waals surface area contributed by atoms with Gasteiger partial charge in [0, 0.05) is 24.2 Å². The van der Waals surface area contributed by atoms with E-state index in [-0.39, 0.29) is 0 Å². The fourth-order valence-electron chi connectivity index (χ4n) is 3.22. The number of nitrogens with zero attached hydrogens (tertiary/aromatic N) is 1. The van der Waals surface area contributed by atoms with Gasteiger partial charge >= 0.3 is 0 Å². The van der Waals surface area contributed by atoms with E-state index in [2.05, 4.69) is 18.0 Å². The average Bonchev–Trinajstić information content (AvgIpc) is 2.48. The topological polar surface area (TPSA) is 38.5 Å². The van der Waals surface area contributed by atoms with Gasteiger partial charge in [-0.15, -0.1) is 0 Å². The van der Waals surface area contributed by atoms with Gasteiger partial charge in [0.15, 0.2) is 0 Å². The Balaban J connectivity index is 2.02. The third-order valence-corrected chi connectivity index (χ3v) is 4.54. The van der Waals surface area contributed by atoms with E-state index in [9.17, 15) is 0 Å². The zero-order valence-electron chi connectivity index (χ0n) is 13.1. The first-order valence-electron chi connectivity index (χ1n) is 7.75. The monoisotopic (exact) mass is 306 g/mol. The van der Waals surface area contributed by atoms with Crippen LogP contribution >= 0.6 is 12.2 Å². The Kier molecular flexibility index (Phi) is 6.00. The fourth-order valence-corrected chi connectivity index (χ4v) is 3.35. The van der Waals surface area contributed by atoms with E-state index < -0.39 is 0 Å². The third-order valence-electron chi connectivity index (χ3n) is 4.30. The predicted molar refractivity (Wildman–Crippen MR) is 91.8 cm³/mol. The number of benzene rings is 1. The Morgan fingerprint density at radius 2 is 2.05 bits per heavy atom. The van der Waals surface area contributed by atoms with Gasteiger partial charge in [0.2, 0.25) is 0 Å². The lowest BCUT2D eigenvalue weighted by molar-refractivity contribution is 0.226. The number of methoxy groups -OCH3 is 1. The van der Waals surface area contributed by atoms with Gasteiger partial charge in [0.25, 0.3) is 0 Å². The first-order valence-corrected chi connectivity index (χ1v) is 8.16. The minimum absolute atomic E-state index is 0.439. The number of nitrogens with two attached hydrogens (primary N) is 1. The molecule has 1 aromatic rings. The summed E-state index contributed by atoms with van der Waals surface area (Å²) in [5.74, 6) is 1.75. The summed E-state index contributed by atoms with van der Waals surface area (Å²) in [5.41, 5.74) is 7.79. The molecule has 2 rings (SSSR count). The Labute approximate surface area is 133 Å². The van der Waals surface area contributed by atoms with Crippen LogP contribution in [0.4, 0.5) is 0 Å². The van der Waals surface area contributed by atoms with Crippen molar-refractivity contribution in [1.82, 2.24) is 4.90 Å². The fraction of sp³-hybridized carbons (Fsp3) is 0.588. The molecule has 0 aliphatic heterocycles. The van der Waals surface area contributed by atoms with Crippen molar-refractivity contribution in [2.75, 3.05) is 20.7 Å². The van der Waals surface area contributed by atoms with Crippen LogP contribution in [-0.4, -0.2) is 30.6 Å². The first-order chi connectivity index (χ1) is 10.1. The van der Waals surface area contributed by atoms with Crippen LogP contribution in [-0.2, 0) is 6.54 Å². The van der Waals surface area contributed by atoms with Crippen molar-refractivity contribution in [2.45, 2.75) is 38.6 Å². The van der Waals surface area contributed by atoms with Crippen LogP contribution < -0.4 is 10.5 Å². The molecule has 0 heterocycles.